The van der Waals surface area contributed by atoms with E-state index in [0.29, 0.717) is 26.1 Å². The normalized spacial score (nSPS) is 12.0. The summed E-state index contributed by atoms with van der Waals surface area (Å²) in [6.45, 7) is 7.58. The van der Waals surface area contributed by atoms with Crippen molar-refractivity contribution in [2.75, 3.05) is 6.54 Å². The van der Waals surface area contributed by atoms with Crippen LogP contribution in [0.15, 0.2) is 23.4 Å². The fraction of sp³-hybridized carbons (Fsp3) is 0.571. The first-order valence-corrected chi connectivity index (χ1v) is 8.95. The Hall–Kier alpha value is -1.67. The Bertz CT molecular complexity index is 717. The summed E-state index contributed by atoms with van der Waals surface area (Å²) < 4.78 is 30.6. The summed E-state index contributed by atoms with van der Waals surface area (Å²) in [7, 11) is -3.51. The van der Waals surface area contributed by atoms with E-state index >= 15 is 0 Å². The molecule has 2 heterocycles. The lowest BCUT2D eigenvalue weighted by Crippen LogP contribution is -2.28. The molecule has 0 saturated heterocycles. The lowest BCUT2D eigenvalue weighted by atomic mass is 10.4. The minimum Gasteiger partial charge on any atom is -0.270 e. The molecule has 0 bridgehead atoms. The lowest BCUT2D eigenvalue weighted by Gasteiger charge is -2.09. The quantitative estimate of drug-likeness (QED) is 0.745. The molecule has 0 amide bonds. The van der Waals surface area contributed by atoms with E-state index < -0.39 is 10.0 Å². The molecule has 0 aliphatic carbocycles. The standard InChI is InChI=1S/C14H23N5O2S/c1-4-9-19-14(6-8-15-19)22(20,21)16-7-5-10-18-13(3)11-12(2)17-18/h6,8,11,16H,4-5,7,9-10H2,1-3H3. The van der Waals surface area contributed by atoms with E-state index in [4.69, 9.17) is 0 Å². The molecule has 0 spiro atoms. The van der Waals surface area contributed by atoms with E-state index in [0.717, 1.165) is 17.8 Å². The third-order valence-electron chi connectivity index (χ3n) is 3.33. The maximum absolute atomic E-state index is 12.3. The first kappa shape index (κ1) is 16.7. The summed E-state index contributed by atoms with van der Waals surface area (Å²) in [6.07, 6.45) is 3.03. The number of sulfonamides is 1. The lowest BCUT2D eigenvalue weighted by molar-refractivity contribution is 0.516. The molecule has 2 rings (SSSR count). The topological polar surface area (TPSA) is 81.8 Å². The van der Waals surface area contributed by atoms with E-state index in [2.05, 4.69) is 14.9 Å². The van der Waals surface area contributed by atoms with Crippen molar-refractivity contribution in [3.63, 3.8) is 0 Å². The predicted octanol–water partition coefficient (Wildman–Crippen LogP) is 1.48. The van der Waals surface area contributed by atoms with Crippen molar-refractivity contribution < 1.29 is 8.42 Å². The molecule has 122 valence electrons. The Morgan fingerprint density at radius 3 is 2.64 bits per heavy atom. The fourth-order valence-corrected chi connectivity index (χ4v) is 3.56. The summed E-state index contributed by atoms with van der Waals surface area (Å²) >= 11 is 0. The zero-order chi connectivity index (χ0) is 16.2. The van der Waals surface area contributed by atoms with Crippen molar-refractivity contribution in [2.24, 2.45) is 0 Å². The Morgan fingerprint density at radius 2 is 2.00 bits per heavy atom. The monoisotopic (exact) mass is 325 g/mol. The van der Waals surface area contributed by atoms with Gasteiger partial charge in [-0.15, -0.1) is 0 Å². The van der Waals surface area contributed by atoms with Crippen LogP contribution in [0.2, 0.25) is 0 Å². The number of nitrogens with one attached hydrogen (secondary N) is 1. The second-order valence-corrected chi connectivity index (χ2v) is 7.01. The van der Waals surface area contributed by atoms with E-state index in [-0.39, 0.29) is 5.03 Å². The highest BCUT2D eigenvalue weighted by Crippen LogP contribution is 2.09. The highest BCUT2D eigenvalue weighted by atomic mass is 32.2. The molecule has 7 nitrogen and oxygen atoms in total. The van der Waals surface area contributed by atoms with Crippen LogP contribution in [0.5, 0.6) is 0 Å². The van der Waals surface area contributed by atoms with Crippen LogP contribution >= 0.6 is 0 Å². The van der Waals surface area contributed by atoms with Crippen LogP contribution in [0.25, 0.3) is 0 Å². The van der Waals surface area contributed by atoms with Gasteiger partial charge in [0.15, 0.2) is 5.03 Å². The molecule has 2 aromatic rings. The molecule has 0 aliphatic heterocycles. The summed E-state index contributed by atoms with van der Waals surface area (Å²) in [6, 6.07) is 3.53. The van der Waals surface area contributed by atoms with E-state index in [1.165, 1.54) is 16.9 Å². The van der Waals surface area contributed by atoms with Crippen LogP contribution in [-0.2, 0) is 23.1 Å². The van der Waals surface area contributed by atoms with Crippen molar-refractivity contribution in [3.05, 3.63) is 29.7 Å². The smallest absolute Gasteiger partial charge is 0.257 e. The minimum absolute atomic E-state index is 0.223. The number of hydrogen-bond donors (Lipinski definition) is 1. The van der Waals surface area contributed by atoms with Crippen LogP contribution in [0.1, 0.15) is 31.2 Å². The summed E-state index contributed by atoms with van der Waals surface area (Å²) in [5, 5.41) is 8.63. The molecule has 0 aliphatic rings. The minimum atomic E-state index is -3.51. The van der Waals surface area contributed by atoms with Gasteiger partial charge in [0.25, 0.3) is 10.0 Å². The third-order valence-corrected chi connectivity index (χ3v) is 4.81. The van der Waals surface area contributed by atoms with Gasteiger partial charge in [-0.25, -0.2) is 13.1 Å². The summed E-state index contributed by atoms with van der Waals surface area (Å²) in [5.41, 5.74) is 2.06. The van der Waals surface area contributed by atoms with Crippen molar-refractivity contribution in [3.8, 4) is 0 Å². The highest BCUT2D eigenvalue weighted by Gasteiger charge is 2.18. The molecule has 1 N–H and O–H groups in total. The van der Waals surface area contributed by atoms with Gasteiger partial charge in [-0.05, 0) is 38.8 Å². The molecule has 0 unspecified atom stereocenters. The molecule has 0 saturated carbocycles. The first-order valence-electron chi connectivity index (χ1n) is 7.46. The predicted molar refractivity (Wildman–Crippen MR) is 84.0 cm³/mol. The largest absolute Gasteiger partial charge is 0.270 e. The zero-order valence-corrected chi connectivity index (χ0v) is 14.1. The maximum Gasteiger partial charge on any atom is 0.257 e. The van der Waals surface area contributed by atoms with Crippen molar-refractivity contribution >= 4 is 10.0 Å². The van der Waals surface area contributed by atoms with Gasteiger partial charge in [0.2, 0.25) is 0 Å². The number of rotatable bonds is 8. The average Bonchev–Trinajstić information content (AvgIpc) is 3.03. The number of hydrogen-bond acceptors (Lipinski definition) is 4. The SMILES string of the molecule is CCCn1nccc1S(=O)(=O)NCCCn1nc(C)cc1C. The molecule has 0 aromatic carbocycles. The van der Waals surface area contributed by atoms with Crippen LogP contribution < -0.4 is 4.72 Å². The first-order chi connectivity index (χ1) is 10.4. The van der Waals surface area contributed by atoms with Crippen molar-refractivity contribution in [2.45, 2.75) is 51.7 Å². The van der Waals surface area contributed by atoms with Gasteiger partial charge in [0.05, 0.1) is 11.9 Å². The molecule has 0 radical (unpaired) electrons. The highest BCUT2D eigenvalue weighted by molar-refractivity contribution is 7.89. The molecule has 8 heteroatoms. The van der Waals surface area contributed by atoms with Crippen LogP contribution in [0.3, 0.4) is 0 Å². The van der Waals surface area contributed by atoms with Crippen LogP contribution in [-0.4, -0.2) is 34.5 Å². The zero-order valence-electron chi connectivity index (χ0n) is 13.3. The summed E-state index contributed by atoms with van der Waals surface area (Å²) in [4.78, 5) is 0. The van der Waals surface area contributed by atoms with E-state index in [9.17, 15) is 8.42 Å². The maximum atomic E-state index is 12.3. The molecule has 0 fully saturated rings. The van der Waals surface area contributed by atoms with Crippen LogP contribution in [0, 0.1) is 13.8 Å². The van der Waals surface area contributed by atoms with Gasteiger partial charge in [-0.1, -0.05) is 6.92 Å². The molecule has 2 aromatic heterocycles. The Morgan fingerprint density at radius 1 is 1.23 bits per heavy atom. The third kappa shape index (κ3) is 3.95. The van der Waals surface area contributed by atoms with Crippen molar-refractivity contribution in [1.29, 1.82) is 0 Å². The van der Waals surface area contributed by atoms with Gasteiger partial charge in [-0.3, -0.25) is 9.36 Å². The number of nitrogens with zero attached hydrogens (tertiary/aromatic N) is 4. The Labute approximate surface area is 131 Å². The molecule has 0 atom stereocenters. The van der Waals surface area contributed by atoms with Gasteiger partial charge in [0.1, 0.15) is 0 Å². The second-order valence-electron chi connectivity index (χ2n) is 5.29. The molecular weight excluding hydrogens is 302 g/mol. The van der Waals surface area contributed by atoms with E-state index in [1.807, 2.05) is 31.5 Å². The van der Waals surface area contributed by atoms with Crippen molar-refractivity contribution in [1.82, 2.24) is 24.3 Å². The number of aromatic nitrogens is 4. The van der Waals surface area contributed by atoms with E-state index in [1.54, 1.807) is 0 Å². The second kappa shape index (κ2) is 7.06. The number of aryl methyl sites for hydroxylation is 4. The molecular formula is C14H23N5O2S. The van der Waals surface area contributed by atoms with Gasteiger partial charge in [-0.2, -0.15) is 10.2 Å². The average molecular weight is 325 g/mol. The van der Waals surface area contributed by atoms with Gasteiger partial charge >= 0.3 is 0 Å². The summed E-state index contributed by atoms with van der Waals surface area (Å²) in [5.74, 6) is 0. The van der Waals surface area contributed by atoms with Crippen LogP contribution in [0.4, 0.5) is 0 Å². The Balaban J connectivity index is 1.90. The molecule has 22 heavy (non-hydrogen) atoms. The fourth-order valence-electron chi connectivity index (χ4n) is 2.34. The van der Waals surface area contributed by atoms with Gasteiger partial charge < -0.3 is 0 Å². The van der Waals surface area contributed by atoms with Gasteiger partial charge in [0, 0.05) is 25.3 Å². The Kier molecular flexibility index (Phi) is 5.36.